The van der Waals surface area contributed by atoms with E-state index in [1.54, 1.807) is 19.5 Å². The van der Waals surface area contributed by atoms with Gasteiger partial charge in [0.1, 0.15) is 12.4 Å². The van der Waals surface area contributed by atoms with Gasteiger partial charge >= 0.3 is 0 Å². The van der Waals surface area contributed by atoms with Gasteiger partial charge in [0.25, 0.3) is 0 Å². The predicted molar refractivity (Wildman–Crippen MR) is 91.0 cm³/mol. The van der Waals surface area contributed by atoms with Crippen LogP contribution in [0.25, 0.3) is 0 Å². The molecule has 0 amide bonds. The van der Waals surface area contributed by atoms with Crippen LogP contribution in [0.3, 0.4) is 0 Å². The Morgan fingerprint density at radius 1 is 1.22 bits per heavy atom. The summed E-state index contributed by atoms with van der Waals surface area (Å²) in [5.41, 5.74) is 0. The summed E-state index contributed by atoms with van der Waals surface area (Å²) in [4.78, 5) is 8.49. The summed E-state index contributed by atoms with van der Waals surface area (Å²) in [5, 5.41) is 6.44. The molecule has 0 saturated carbocycles. The number of guanidine groups is 1. The van der Waals surface area contributed by atoms with E-state index in [1.807, 2.05) is 19.1 Å². The van der Waals surface area contributed by atoms with E-state index in [0.29, 0.717) is 39.5 Å². The number of nitrogens with zero attached hydrogens (tertiary/aromatic N) is 2. The molecular weight excluding hydrogens is 296 g/mol. The third kappa shape index (κ3) is 10.5. The lowest BCUT2D eigenvalue weighted by Gasteiger charge is -2.12. The topological polar surface area (TPSA) is 77.0 Å². The average Bonchev–Trinajstić information content (AvgIpc) is 2.58. The molecule has 23 heavy (non-hydrogen) atoms. The fourth-order valence-electron chi connectivity index (χ4n) is 1.71. The first kappa shape index (κ1) is 19.2. The van der Waals surface area contributed by atoms with Crippen LogP contribution in [0, 0.1) is 0 Å². The Kier molecular flexibility index (Phi) is 11.5. The minimum atomic E-state index is 0.552. The van der Waals surface area contributed by atoms with Crippen molar-refractivity contribution in [3.8, 4) is 5.75 Å². The fourth-order valence-corrected chi connectivity index (χ4v) is 1.71. The molecule has 0 saturated heterocycles. The van der Waals surface area contributed by atoms with Gasteiger partial charge in [0, 0.05) is 33.0 Å². The van der Waals surface area contributed by atoms with Crippen LogP contribution in [0.5, 0.6) is 5.75 Å². The van der Waals surface area contributed by atoms with Crippen molar-refractivity contribution >= 4 is 5.96 Å². The monoisotopic (exact) mass is 324 g/mol. The van der Waals surface area contributed by atoms with E-state index in [9.17, 15) is 0 Å². The molecule has 1 rings (SSSR count). The number of hydrogen-bond donors (Lipinski definition) is 2. The normalized spacial score (nSPS) is 11.3. The van der Waals surface area contributed by atoms with E-state index >= 15 is 0 Å². The molecule has 0 aromatic carbocycles. The number of nitrogens with one attached hydrogen (secondary N) is 2. The second kappa shape index (κ2) is 13.8. The van der Waals surface area contributed by atoms with Crippen LogP contribution in [-0.2, 0) is 9.47 Å². The average molecular weight is 324 g/mol. The molecule has 0 aliphatic rings. The predicted octanol–water partition coefficient (Wildman–Crippen LogP) is 1.07. The number of ether oxygens (including phenoxy) is 3. The lowest BCUT2D eigenvalue weighted by Crippen LogP contribution is -2.39. The van der Waals surface area contributed by atoms with Crippen molar-refractivity contribution in [1.29, 1.82) is 0 Å². The maximum absolute atomic E-state index is 5.58. The maximum atomic E-state index is 5.58. The fraction of sp³-hybridized carbons (Fsp3) is 0.625. The van der Waals surface area contributed by atoms with Gasteiger partial charge in [-0.3, -0.25) is 9.98 Å². The van der Waals surface area contributed by atoms with E-state index < -0.39 is 0 Å². The van der Waals surface area contributed by atoms with Crippen molar-refractivity contribution in [3.63, 3.8) is 0 Å². The summed E-state index contributed by atoms with van der Waals surface area (Å²) in [6.07, 6.45) is 4.30. The van der Waals surface area contributed by atoms with Gasteiger partial charge in [-0.15, -0.1) is 0 Å². The largest absolute Gasteiger partial charge is 0.490 e. The molecule has 0 fully saturated rings. The Morgan fingerprint density at radius 3 is 2.87 bits per heavy atom. The Balaban J connectivity index is 2.13. The first-order valence-electron chi connectivity index (χ1n) is 7.98. The minimum Gasteiger partial charge on any atom is -0.490 e. The zero-order valence-electron chi connectivity index (χ0n) is 14.1. The lowest BCUT2D eigenvalue weighted by atomic mass is 10.4. The Labute approximate surface area is 138 Å². The Bertz CT molecular complexity index is 415. The highest BCUT2D eigenvalue weighted by Gasteiger charge is 1.97. The first-order chi connectivity index (χ1) is 11.4. The molecule has 0 unspecified atom stereocenters. The van der Waals surface area contributed by atoms with E-state index in [4.69, 9.17) is 14.2 Å². The minimum absolute atomic E-state index is 0.552. The van der Waals surface area contributed by atoms with Crippen LogP contribution in [0.1, 0.15) is 13.3 Å². The Hall–Kier alpha value is -1.86. The van der Waals surface area contributed by atoms with Crippen LogP contribution in [0.2, 0.25) is 0 Å². The van der Waals surface area contributed by atoms with E-state index in [2.05, 4.69) is 20.6 Å². The van der Waals surface area contributed by atoms with Crippen LogP contribution in [0.4, 0.5) is 0 Å². The molecule has 0 radical (unpaired) electrons. The summed E-state index contributed by atoms with van der Waals surface area (Å²) in [6.45, 7) is 6.74. The standard InChI is InChI=1S/C16H28N4O3/c1-3-18-16(19-8-5-10-22-13-12-21-2)20-9-11-23-15-6-4-7-17-14-15/h4,6-7,14H,3,5,8-13H2,1-2H3,(H2,18,19,20). The molecule has 130 valence electrons. The third-order valence-corrected chi connectivity index (χ3v) is 2.79. The van der Waals surface area contributed by atoms with Gasteiger partial charge in [-0.25, -0.2) is 0 Å². The highest BCUT2D eigenvalue weighted by atomic mass is 16.5. The first-order valence-corrected chi connectivity index (χ1v) is 7.98. The third-order valence-electron chi connectivity index (χ3n) is 2.79. The molecule has 0 bridgehead atoms. The zero-order valence-corrected chi connectivity index (χ0v) is 14.1. The molecular formula is C16H28N4O3. The molecule has 2 N–H and O–H groups in total. The molecule has 1 aromatic rings. The molecule has 7 heteroatoms. The molecule has 0 aliphatic carbocycles. The van der Waals surface area contributed by atoms with Crippen LogP contribution in [-0.4, -0.2) is 64.1 Å². The summed E-state index contributed by atoms with van der Waals surface area (Å²) in [6, 6.07) is 3.73. The van der Waals surface area contributed by atoms with Crippen molar-refractivity contribution in [2.75, 3.05) is 53.2 Å². The highest BCUT2D eigenvalue weighted by molar-refractivity contribution is 5.79. The van der Waals surface area contributed by atoms with Gasteiger partial charge in [-0.2, -0.15) is 0 Å². The van der Waals surface area contributed by atoms with Crippen LogP contribution >= 0.6 is 0 Å². The number of hydrogen-bond acceptors (Lipinski definition) is 5. The number of methoxy groups -OCH3 is 1. The van der Waals surface area contributed by atoms with Crippen molar-refractivity contribution < 1.29 is 14.2 Å². The van der Waals surface area contributed by atoms with Crippen LogP contribution in [0.15, 0.2) is 29.5 Å². The quantitative estimate of drug-likeness (QED) is 0.340. The van der Waals surface area contributed by atoms with Gasteiger partial charge in [0.2, 0.25) is 0 Å². The van der Waals surface area contributed by atoms with Crippen molar-refractivity contribution in [2.24, 2.45) is 4.99 Å². The highest BCUT2D eigenvalue weighted by Crippen LogP contribution is 2.04. The lowest BCUT2D eigenvalue weighted by molar-refractivity contribution is 0.0702. The smallest absolute Gasteiger partial charge is 0.191 e. The summed E-state index contributed by atoms with van der Waals surface area (Å²) in [7, 11) is 1.67. The van der Waals surface area contributed by atoms with Crippen molar-refractivity contribution in [1.82, 2.24) is 15.6 Å². The molecule has 0 aliphatic heterocycles. The molecule has 7 nitrogen and oxygen atoms in total. The van der Waals surface area contributed by atoms with Crippen molar-refractivity contribution in [2.45, 2.75) is 13.3 Å². The number of rotatable bonds is 12. The number of aliphatic imine (C=N–C) groups is 1. The summed E-state index contributed by atoms with van der Waals surface area (Å²) < 4.78 is 15.9. The SMILES string of the molecule is CCNC(=NCCCOCCOC)NCCOc1cccnc1. The summed E-state index contributed by atoms with van der Waals surface area (Å²) in [5.74, 6) is 1.56. The number of pyridine rings is 1. The van der Waals surface area contributed by atoms with Crippen molar-refractivity contribution in [3.05, 3.63) is 24.5 Å². The molecule has 1 heterocycles. The maximum Gasteiger partial charge on any atom is 0.191 e. The second-order valence-corrected chi connectivity index (χ2v) is 4.68. The van der Waals surface area contributed by atoms with Gasteiger partial charge in [-0.05, 0) is 25.5 Å². The van der Waals surface area contributed by atoms with Gasteiger partial charge in [0.15, 0.2) is 5.96 Å². The molecule has 0 spiro atoms. The number of aromatic nitrogens is 1. The van der Waals surface area contributed by atoms with E-state index in [-0.39, 0.29) is 0 Å². The molecule has 1 aromatic heterocycles. The summed E-state index contributed by atoms with van der Waals surface area (Å²) >= 11 is 0. The molecule has 0 atom stereocenters. The second-order valence-electron chi connectivity index (χ2n) is 4.68. The van der Waals surface area contributed by atoms with E-state index in [1.165, 1.54) is 0 Å². The van der Waals surface area contributed by atoms with Gasteiger partial charge in [-0.1, -0.05) is 0 Å². The van der Waals surface area contributed by atoms with E-state index in [0.717, 1.165) is 24.7 Å². The van der Waals surface area contributed by atoms with Crippen LogP contribution < -0.4 is 15.4 Å². The van der Waals surface area contributed by atoms with Gasteiger partial charge in [0.05, 0.1) is 26.0 Å². The zero-order chi connectivity index (χ0) is 16.6. The Morgan fingerprint density at radius 2 is 2.13 bits per heavy atom. The van der Waals surface area contributed by atoms with Gasteiger partial charge < -0.3 is 24.8 Å².